The van der Waals surface area contributed by atoms with Gasteiger partial charge in [-0.3, -0.25) is 0 Å². The average molecular weight is 174 g/mol. The van der Waals surface area contributed by atoms with E-state index in [9.17, 15) is 0 Å². The van der Waals surface area contributed by atoms with Crippen LogP contribution in [0.4, 0.5) is 0 Å². The maximum Gasteiger partial charge on any atom is 0.218 e. The molecule has 0 unspecified atom stereocenters. The number of thioether (sulfide) groups is 1. The predicted octanol–water partition coefficient (Wildman–Crippen LogP) is 1.85. The van der Waals surface area contributed by atoms with Crippen LogP contribution in [0, 0.1) is 5.92 Å². The normalized spacial score (nSPS) is 42.8. The monoisotopic (exact) mass is 174 g/mol. The van der Waals surface area contributed by atoms with Gasteiger partial charge < -0.3 is 9.47 Å². The Morgan fingerprint density at radius 2 is 2.18 bits per heavy atom. The molecule has 3 aliphatic heterocycles. The number of hydrogen-bond acceptors (Lipinski definition) is 3. The lowest BCUT2D eigenvalue weighted by atomic mass is 10.2. The van der Waals surface area contributed by atoms with Crippen molar-refractivity contribution in [1.29, 1.82) is 0 Å². The molecule has 0 radical (unpaired) electrons. The third-order valence-corrected chi connectivity index (χ3v) is 3.69. The molecule has 3 saturated heterocycles. The minimum atomic E-state index is -0.247. The van der Waals surface area contributed by atoms with E-state index < -0.39 is 0 Å². The fraction of sp³-hybridized carbons (Fsp3) is 1.00. The topological polar surface area (TPSA) is 18.5 Å². The molecule has 0 aromatic carbocycles. The van der Waals surface area contributed by atoms with Crippen LogP contribution >= 0.6 is 11.8 Å². The summed E-state index contributed by atoms with van der Waals surface area (Å²) >= 11 is 1.84. The SMILES string of the molecule is CCCC12OCC(CO1)CS2. The number of hydrogen-bond donors (Lipinski definition) is 0. The van der Waals surface area contributed by atoms with E-state index in [0.717, 1.165) is 26.1 Å². The first kappa shape index (κ1) is 7.90. The van der Waals surface area contributed by atoms with Crippen LogP contribution in [0.15, 0.2) is 0 Å². The van der Waals surface area contributed by atoms with Gasteiger partial charge >= 0.3 is 0 Å². The van der Waals surface area contributed by atoms with Crippen molar-refractivity contribution < 1.29 is 9.47 Å². The molecule has 0 aliphatic carbocycles. The van der Waals surface area contributed by atoms with Gasteiger partial charge in [0, 0.05) is 18.1 Å². The van der Waals surface area contributed by atoms with Crippen molar-refractivity contribution in [1.82, 2.24) is 0 Å². The summed E-state index contributed by atoms with van der Waals surface area (Å²) in [5, 5.41) is -0.247. The van der Waals surface area contributed by atoms with Gasteiger partial charge in [0.25, 0.3) is 0 Å². The zero-order valence-corrected chi connectivity index (χ0v) is 7.65. The summed E-state index contributed by atoms with van der Waals surface area (Å²) < 4.78 is 11.3. The summed E-state index contributed by atoms with van der Waals surface area (Å²) in [6.45, 7) is 3.99. The van der Waals surface area contributed by atoms with Gasteiger partial charge in [0.1, 0.15) is 0 Å². The van der Waals surface area contributed by atoms with E-state index in [-0.39, 0.29) is 5.12 Å². The van der Waals surface area contributed by atoms with Crippen LogP contribution in [0.2, 0.25) is 0 Å². The van der Waals surface area contributed by atoms with Crippen LogP contribution in [-0.4, -0.2) is 24.1 Å². The van der Waals surface area contributed by atoms with Crippen molar-refractivity contribution in [3.63, 3.8) is 0 Å². The van der Waals surface area contributed by atoms with Crippen LogP contribution < -0.4 is 0 Å². The summed E-state index contributed by atoms with van der Waals surface area (Å²) in [6, 6.07) is 0. The minimum Gasteiger partial charge on any atom is -0.341 e. The maximum atomic E-state index is 5.65. The summed E-state index contributed by atoms with van der Waals surface area (Å²) in [5.41, 5.74) is 0. The molecular formula is C8H14O2S. The lowest BCUT2D eigenvalue weighted by Gasteiger charge is -2.45. The van der Waals surface area contributed by atoms with E-state index in [1.54, 1.807) is 0 Å². The first-order chi connectivity index (χ1) is 5.35. The average Bonchev–Trinajstić information content (AvgIpc) is 2.07. The molecule has 2 bridgehead atoms. The van der Waals surface area contributed by atoms with Gasteiger partial charge in [-0.2, -0.15) is 0 Å². The Hall–Kier alpha value is 0.270. The minimum absolute atomic E-state index is 0.247. The molecule has 0 N–H and O–H groups in total. The van der Waals surface area contributed by atoms with Gasteiger partial charge in [-0.05, 0) is 0 Å². The van der Waals surface area contributed by atoms with Gasteiger partial charge in [0.05, 0.1) is 13.2 Å². The molecule has 2 nitrogen and oxygen atoms in total. The fourth-order valence-electron chi connectivity index (χ4n) is 1.53. The van der Waals surface area contributed by atoms with Gasteiger partial charge in [-0.15, -0.1) is 0 Å². The van der Waals surface area contributed by atoms with E-state index >= 15 is 0 Å². The van der Waals surface area contributed by atoms with Gasteiger partial charge in [0.2, 0.25) is 5.12 Å². The first-order valence-electron chi connectivity index (χ1n) is 4.26. The van der Waals surface area contributed by atoms with Gasteiger partial charge in [-0.25, -0.2) is 0 Å². The van der Waals surface area contributed by atoms with E-state index in [1.165, 1.54) is 5.75 Å². The standard InChI is InChI=1S/C8H14O2S/c1-2-3-8-9-4-7(5-10-8)6-11-8/h7H,2-6H2,1H3. The highest BCUT2D eigenvalue weighted by molar-refractivity contribution is 8.00. The molecule has 3 heteroatoms. The van der Waals surface area contributed by atoms with Gasteiger partial charge in [0.15, 0.2) is 0 Å². The number of ether oxygens (including phenoxy) is 2. The van der Waals surface area contributed by atoms with Crippen molar-refractivity contribution in [3.05, 3.63) is 0 Å². The highest BCUT2D eigenvalue weighted by Crippen LogP contribution is 2.43. The van der Waals surface area contributed by atoms with Crippen molar-refractivity contribution >= 4 is 11.8 Å². The van der Waals surface area contributed by atoms with Crippen LogP contribution in [0.25, 0.3) is 0 Å². The molecule has 0 aromatic heterocycles. The molecule has 3 aliphatic rings. The maximum absolute atomic E-state index is 5.65. The molecular weight excluding hydrogens is 160 g/mol. The number of rotatable bonds is 2. The number of fused-ring (bicyclic) bond motifs is 3. The molecule has 3 heterocycles. The summed E-state index contributed by atoms with van der Waals surface area (Å²) in [5.74, 6) is 1.87. The van der Waals surface area contributed by atoms with E-state index in [2.05, 4.69) is 6.92 Å². The Balaban J connectivity index is 2.00. The van der Waals surface area contributed by atoms with Crippen molar-refractivity contribution in [2.75, 3.05) is 19.0 Å². The zero-order valence-electron chi connectivity index (χ0n) is 6.84. The molecule has 3 fully saturated rings. The molecule has 0 saturated carbocycles. The highest BCUT2D eigenvalue weighted by Gasteiger charge is 2.42. The summed E-state index contributed by atoms with van der Waals surface area (Å²) in [4.78, 5) is 0. The molecule has 0 aromatic rings. The van der Waals surface area contributed by atoms with Crippen molar-refractivity contribution in [2.24, 2.45) is 5.92 Å². The lowest BCUT2D eigenvalue weighted by molar-refractivity contribution is -0.233. The van der Waals surface area contributed by atoms with E-state index in [1.807, 2.05) is 11.8 Å². The summed E-state index contributed by atoms with van der Waals surface area (Å²) in [7, 11) is 0. The molecule has 0 spiro atoms. The Bertz CT molecular complexity index is 121. The third-order valence-electron chi connectivity index (χ3n) is 2.17. The Morgan fingerprint density at radius 3 is 2.64 bits per heavy atom. The quantitative estimate of drug-likeness (QED) is 0.636. The Kier molecular flexibility index (Phi) is 2.12. The van der Waals surface area contributed by atoms with E-state index in [4.69, 9.17) is 9.47 Å². The van der Waals surface area contributed by atoms with Crippen molar-refractivity contribution in [2.45, 2.75) is 24.9 Å². The molecule has 3 rings (SSSR count). The van der Waals surface area contributed by atoms with Crippen LogP contribution in [0.5, 0.6) is 0 Å². The molecule has 11 heavy (non-hydrogen) atoms. The van der Waals surface area contributed by atoms with Gasteiger partial charge in [-0.1, -0.05) is 25.1 Å². The zero-order chi connectivity index (χ0) is 7.73. The highest BCUT2D eigenvalue weighted by atomic mass is 32.2. The predicted molar refractivity (Wildman–Crippen MR) is 45.5 cm³/mol. The van der Waals surface area contributed by atoms with Crippen LogP contribution in [0.1, 0.15) is 19.8 Å². The van der Waals surface area contributed by atoms with Crippen molar-refractivity contribution in [3.8, 4) is 0 Å². The first-order valence-corrected chi connectivity index (χ1v) is 5.25. The van der Waals surface area contributed by atoms with E-state index in [0.29, 0.717) is 5.92 Å². The Labute approximate surface area is 71.6 Å². The smallest absolute Gasteiger partial charge is 0.218 e. The second-order valence-corrected chi connectivity index (χ2v) is 4.48. The fourth-order valence-corrected chi connectivity index (χ4v) is 2.86. The second-order valence-electron chi connectivity index (χ2n) is 3.23. The molecule has 0 atom stereocenters. The molecule has 64 valence electrons. The molecule has 0 amide bonds. The van der Waals surface area contributed by atoms with Crippen LogP contribution in [0.3, 0.4) is 0 Å². The Morgan fingerprint density at radius 1 is 1.45 bits per heavy atom. The lowest BCUT2D eigenvalue weighted by Crippen LogP contribution is -2.47. The summed E-state index contributed by atoms with van der Waals surface area (Å²) in [6.07, 6.45) is 2.17. The third kappa shape index (κ3) is 1.42. The largest absolute Gasteiger partial charge is 0.341 e. The second kappa shape index (κ2) is 2.96. The van der Waals surface area contributed by atoms with Crippen LogP contribution in [-0.2, 0) is 9.47 Å².